The molecule has 0 fully saturated rings. The molecule has 2 heterocycles. The fourth-order valence-corrected chi connectivity index (χ4v) is 2.62. The Labute approximate surface area is 106 Å². The molecule has 1 unspecified atom stereocenters. The van der Waals surface area contributed by atoms with Crippen LogP contribution in [0.2, 0.25) is 0 Å². The lowest BCUT2D eigenvalue weighted by Gasteiger charge is -2.14. The maximum absolute atomic E-state index is 9.02. The molecule has 1 aromatic carbocycles. The third kappa shape index (κ3) is 1.54. The van der Waals surface area contributed by atoms with Crippen molar-refractivity contribution in [1.29, 1.82) is 5.26 Å². The second kappa shape index (κ2) is 4.15. The molecule has 2 aromatic rings. The van der Waals surface area contributed by atoms with E-state index in [-0.39, 0.29) is 0 Å². The molecule has 0 bridgehead atoms. The summed E-state index contributed by atoms with van der Waals surface area (Å²) in [7, 11) is 0. The van der Waals surface area contributed by atoms with Crippen LogP contribution in [-0.4, -0.2) is 9.55 Å². The second-order valence-electron chi connectivity index (χ2n) is 4.51. The van der Waals surface area contributed by atoms with Crippen molar-refractivity contribution >= 4 is 6.08 Å². The van der Waals surface area contributed by atoms with Gasteiger partial charge in [-0.05, 0) is 36.1 Å². The molecule has 0 saturated heterocycles. The molecule has 1 aromatic heterocycles. The summed E-state index contributed by atoms with van der Waals surface area (Å²) in [6, 6.07) is 8.50. The molecule has 1 atom stereocenters. The molecule has 3 rings (SSSR count). The number of hydrogen-bond acceptors (Lipinski definition) is 2. The highest BCUT2D eigenvalue weighted by Gasteiger charge is 2.23. The normalized spacial score (nSPS) is 17.2. The summed E-state index contributed by atoms with van der Waals surface area (Å²) in [5.74, 6) is 0. The summed E-state index contributed by atoms with van der Waals surface area (Å²) in [6.45, 7) is 3.77. The molecule has 3 nitrogen and oxygen atoms in total. The van der Waals surface area contributed by atoms with E-state index in [9.17, 15) is 0 Å². The molecule has 0 spiro atoms. The highest BCUT2D eigenvalue weighted by Crippen LogP contribution is 2.32. The van der Waals surface area contributed by atoms with Gasteiger partial charge in [-0.15, -0.1) is 0 Å². The number of rotatable bonds is 2. The predicted octanol–water partition coefficient (Wildman–Crippen LogP) is 2.93. The molecule has 0 aliphatic carbocycles. The average molecular weight is 235 g/mol. The minimum absolute atomic E-state index is 0.342. The van der Waals surface area contributed by atoms with Gasteiger partial charge in [-0.2, -0.15) is 5.26 Å². The van der Waals surface area contributed by atoms with Crippen LogP contribution < -0.4 is 0 Å². The molecular formula is C15H13N3. The van der Waals surface area contributed by atoms with Gasteiger partial charge in [0.05, 0.1) is 24.0 Å². The summed E-state index contributed by atoms with van der Waals surface area (Å²) in [4.78, 5) is 4.19. The van der Waals surface area contributed by atoms with Crippen LogP contribution in [0.4, 0.5) is 0 Å². The highest BCUT2D eigenvalue weighted by molar-refractivity contribution is 5.58. The molecule has 1 aliphatic rings. The molecule has 0 saturated carbocycles. The van der Waals surface area contributed by atoms with E-state index in [2.05, 4.69) is 28.3 Å². The Kier molecular flexibility index (Phi) is 2.49. The third-order valence-electron chi connectivity index (χ3n) is 3.56. The van der Waals surface area contributed by atoms with Crippen LogP contribution in [0.15, 0.2) is 37.3 Å². The Morgan fingerprint density at radius 2 is 2.39 bits per heavy atom. The minimum Gasteiger partial charge on any atom is -0.327 e. The number of aryl methyl sites for hydroxylation is 1. The van der Waals surface area contributed by atoms with E-state index in [4.69, 9.17) is 5.26 Å². The summed E-state index contributed by atoms with van der Waals surface area (Å²) in [5.41, 5.74) is 4.09. The smallest absolute Gasteiger partial charge is 0.0997 e. The molecule has 18 heavy (non-hydrogen) atoms. The van der Waals surface area contributed by atoms with Crippen LogP contribution in [0.5, 0.6) is 0 Å². The number of hydrogen-bond donors (Lipinski definition) is 0. The van der Waals surface area contributed by atoms with Crippen molar-refractivity contribution in [3.8, 4) is 6.07 Å². The maximum Gasteiger partial charge on any atom is 0.0997 e. The van der Waals surface area contributed by atoms with Gasteiger partial charge in [0.2, 0.25) is 0 Å². The molecule has 3 heteroatoms. The first-order valence-corrected chi connectivity index (χ1v) is 6.00. The van der Waals surface area contributed by atoms with Gasteiger partial charge in [0.1, 0.15) is 0 Å². The Bertz CT molecular complexity index is 646. The van der Waals surface area contributed by atoms with E-state index < -0.39 is 0 Å². The molecule has 88 valence electrons. The lowest BCUT2D eigenvalue weighted by Crippen LogP contribution is -2.04. The van der Waals surface area contributed by atoms with Crippen molar-refractivity contribution in [2.45, 2.75) is 18.9 Å². The molecule has 0 N–H and O–H groups in total. The molecule has 1 aliphatic heterocycles. The van der Waals surface area contributed by atoms with Gasteiger partial charge in [0.25, 0.3) is 0 Å². The van der Waals surface area contributed by atoms with Gasteiger partial charge in [0.15, 0.2) is 0 Å². The van der Waals surface area contributed by atoms with Gasteiger partial charge in [-0.3, -0.25) is 0 Å². The first kappa shape index (κ1) is 10.8. The first-order valence-electron chi connectivity index (χ1n) is 6.00. The van der Waals surface area contributed by atoms with Crippen LogP contribution in [0.3, 0.4) is 0 Å². The van der Waals surface area contributed by atoms with Gasteiger partial charge in [0, 0.05) is 11.9 Å². The number of benzene rings is 1. The average Bonchev–Trinajstić information content (AvgIpc) is 3.00. The molecule has 0 radical (unpaired) electrons. The van der Waals surface area contributed by atoms with Crippen LogP contribution in [0.1, 0.15) is 34.8 Å². The Morgan fingerprint density at radius 1 is 1.50 bits per heavy atom. The zero-order chi connectivity index (χ0) is 12.5. The second-order valence-corrected chi connectivity index (χ2v) is 4.51. The van der Waals surface area contributed by atoms with Crippen LogP contribution in [0, 0.1) is 11.3 Å². The van der Waals surface area contributed by atoms with Crippen molar-refractivity contribution in [1.82, 2.24) is 9.55 Å². The lowest BCUT2D eigenvalue weighted by atomic mass is 9.99. The summed E-state index contributed by atoms with van der Waals surface area (Å²) < 4.78 is 2.22. The number of imidazole rings is 1. The first-order chi connectivity index (χ1) is 8.83. The van der Waals surface area contributed by atoms with Gasteiger partial charge < -0.3 is 4.57 Å². The van der Waals surface area contributed by atoms with Gasteiger partial charge in [-0.1, -0.05) is 18.7 Å². The molecular weight excluding hydrogens is 222 g/mol. The van der Waals surface area contributed by atoms with E-state index in [1.807, 2.05) is 24.7 Å². The fraction of sp³-hybridized carbons (Fsp3) is 0.200. The number of nitrogens with zero attached hydrogens (tertiary/aromatic N) is 3. The van der Waals surface area contributed by atoms with Crippen LogP contribution in [-0.2, 0) is 6.42 Å². The standard InChI is InChI=1S/C15H13N3/c1-2-11-7-12(3-4-13(11)8-16)15-6-5-14-9-17-10-18(14)15/h2-4,7,9-10,15H,1,5-6H2. The highest BCUT2D eigenvalue weighted by atomic mass is 15.1. The van der Waals surface area contributed by atoms with Crippen molar-refractivity contribution in [3.63, 3.8) is 0 Å². The lowest BCUT2D eigenvalue weighted by molar-refractivity contribution is 0.615. The van der Waals surface area contributed by atoms with Crippen LogP contribution in [0.25, 0.3) is 6.08 Å². The number of aromatic nitrogens is 2. The largest absolute Gasteiger partial charge is 0.327 e. The van der Waals surface area contributed by atoms with Crippen molar-refractivity contribution in [3.05, 3.63) is 59.7 Å². The SMILES string of the molecule is C=Cc1cc(C2CCc3cncn32)ccc1C#N. The van der Waals surface area contributed by atoms with Crippen molar-refractivity contribution < 1.29 is 0 Å². The van der Waals surface area contributed by atoms with E-state index in [1.165, 1.54) is 11.3 Å². The van der Waals surface area contributed by atoms with Crippen molar-refractivity contribution in [2.75, 3.05) is 0 Å². The Balaban J connectivity index is 2.05. The van der Waals surface area contributed by atoms with E-state index in [1.54, 1.807) is 6.08 Å². The monoisotopic (exact) mass is 235 g/mol. The zero-order valence-electron chi connectivity index (χ0n) is 10.0. The summed E-state index contributed by atoms with van der Waals surface area (Å²) in [6.07, 6.45) is 7.72. The number of fused-ring (bicyclic) bond motifs is 1. The van der Waals surface area contributed by atoms with Gasteiger partial charge >= 0.3 is 0 Å². The van der Waals surface area contributed by atoms with Gasteiger partial charge in [-0.25, -0.2) is 4.98 Å². The fourth-order valence-electron chi connectivity index (χ4n) is 2.62. The minimum atomic E-state index is 0.342. The van der Waals surface area contributed by atoms with E-state index >= 15 is 0 Å². The summed E-state index contributed by atoms with van der Waals surface area (Å²) in [5, 5.41) is 9.02. The Morgan fingerprint density at radius 3 is 3.17 bits per heavy atom. The summed E-state index contributed by atoms with van der Waals surface area (Å²) >= 11 is 0. The quantitative estimate of drug-likeness (QED) is 0.803. The Hall–Kier alpha value is -2.34. The molecule has 0 amide bonds. The van der Waals surface area contributed by atoms with E-state index in [0.717, 1.165) is 18.4 Å². The predicted molar refractivity (Wildman–Crippen MR) is 69.9 cm³/mol. The topological polar surface area (TPSA) is 41.6 Å². The number of nitriles is 1. The maximum atomic E-state index is 9.02. The van der Waals surface area contributed by atoms with E-state index in [0.29, 0.717) is 11.6 Å². The zero-order valence-corrected chi connectivity index (χ0v) is 10.0. The van der Waals surface area contributed by atoms with Crippen molar-refractivity contribution in [2.24, 2.45) is 0 Å². The van der Waals surface area contributed by atoms with Crippen LogP contribution >= 0.6 is 0 Å². The third-order valence-corrected chi connectivity index (χ3v) is 3.56.